The maximum absolute atomic E-state index is 12.1. The predicted octanol–water partition coefficient (Wildman–Crippen LogP) is 0.192. The molecule has 1 saturated heterocycles. The summed E-state index contributed by atoms with van der Waals surface area (Å²) in [6, 6.07) is -1.07. The van der Waals surface area contributed by atoms with Gasteiger partial charge in [-0.25, -0.2) is 4.79 Å². The van der Waals surface area contributed by atoms with Gasteiger partial charge >= 0.3 is 5.97 Å². The van der Waals surface area contributed by atoms with Crippen molar-refractivity contribution < 1.29 is 19.4 Å². The van der Waals surface area contributed by atoms with Crippen molar-refractivity contribution >= 4 is 11.9 Å². The summed E-state index contributed by atoms with van der Waals surface area (Å²) in [5.41, 5.74) is 0. The molecule has 1 fully saturated rings. The zero-order valence-corrected chi connectivity index (χ0v) is 12.7. The van der Waals surface area contributed by atoms with Crippen LogP contribution in [0.2, 0.25) is 0 Å². The van der Waals surface area contributed by atoms with Gasteiger partial charge in [-0.15, -0.1) is 0 Å². The monoisotopic (exact) mass is 286 g/mol. The van der Waals surface area contributed by atoms with Crippen LogP contribution in [0.1, 0.15) is 40.5 Å². The fraction of sp³-hybridized carbons (Fsp3) is 0.857. The van der Waals surface area contributed by atoms with E-state index in [2.05, 4.69) is 10.6 Å². The number of aliphatic hydroxyl groups is 1. The van der Waals surface area contributed by atoms with E-state index in [1.165, 1.54) is 0 Å². The first-order valence-corrected chi connectivity index (χ1v) is 7.22. The van der Waals surface area contributed by atoms with Crippen molar-refractivity contribution in [2.45, 2.75) is 64.8 Å². The van der Waals surface area contributed by atoms with Gasteiger partial charge in [-0.2, -0.15) is 0 Å². The average Bonchev–Trinajstić information content (AvgIpc) is 2.73. The molecule has 116 valence electrons. The molecule has 1 aliphatic heterocycles. The highest BCUT2D eigenvalue weighted by Crippen LogP contribution is 2.11. The second-order valence-electron chi connectivity index (χ2n) is 6.03. The molecule has 0 aromatic heterocycles. The lowest BCUT2D eigenvalue weighted by atomic mass is 10.0. The van der Waals surface area contributed by atoms with Gasteiger partial charge in [-0.3, -0.25) is 4.79 Å². The number of nitrogens with one attached hydrogen (secondary N) is 2. The van der Waals surface area contributed by atoms with Gasteiger partial charge < -0.3 is 20.5 Å². The highest BCUT2D eigenvalue weighted by molar-refractivity contribution is 5.87. The molecule has 3 N–H and O–H groups in total. The van der Waals surface area contributed by atoms with E-state index < -0.39 is 24.2 Å². The van der Waals surface area contributed by atoms with Gasteiger partial charge in [0.05, 0.1) is 18.2 Å². The molecule has 0 radical (unpaired) electrons. The molecule has 2 unspecified atom stereocenters. The minimum atomic E-state index is -0.635. The molecule has 0 spiro atoms. The third-order valence-electron chi connectivity index (χ3n) is 3.08. The quantitative estimate of drug-likeness (QED) is 0.607. The largest absolute Gasteiger partial charge is 0.461 e. The molecular weight excluding hydrogens is 260 g/mol. The molecule has 1 heterocycles. The molecule has 1 amide bonds. The molecular formula is C14H26N2O4. The number of hydrogen-bond donors (Lipinski definition) is 3. The Bertz CT molecular complexity index is 344. The van der Waals surface area contributed by atoms with Crippen LogP contribution in [0.25, 0.3) is 0 Å². The molecule has 0 aromatic rings. The topological polar surface area (TPSA) is 87.7 Å². The van der Waals surface area contributed by atoms with E-state index in [1.54, 1.807) is 13.8 Å². The lowest BCUT2D eigenvalue weighted by molar-refractivity contribution is -0.152. The third-order valence-corrected chi connectivity index (χ3v) is 3.08. The third kappa shape index (κ3) is 5.46. The maximum Gasteiger partial charge on any atom is 0.328 e. The Balaban J connectivity index is 2.59. The van der Waals surface area contributed by atoms with Gasteiger partial charge in [0, 0.05) is 6.54 Å². The number of carbonyl (C=O) groups is 2. The van der Waals surface area contributed by atoms with Crippen LogP contribution in [0.5, 0.6) is 0 Å². The van der Waals surface area contributed by atoms with Crippen LogP contribution >= 0.6 is 0 Å². The summed E-state index contributed by atoms with van der Waals surface area (Å²) in [7, 11) is 0. The molecule has 0 aromatic carbocycles. The summed E-state index contributed by atoms with van der Waals surface area (Å²) in [4.78, 5) is 24.1. The van der Waals surface area contributed by atoms with Crippen molar-refractivity contribution in [2.75, 3.05) is 6.54 Å². The molecule has 6 nitrogen and oxygen atoms in total. The van der Waals surface area contributed by atoms with Crippen molar-refractivity contribution in [3.05, 3.63) is 0 Å². The fourth-order valence-corrected chi connectivity index (χ4v) is 2.19. The van der Waals surface area contributed by atoms with Gasteiger partial charge in [0.15, 0.2) is 0 Å². The number of β-amino-alcohol motifs (C(OH)–C–C–N with tert-alkyl or cyclic N) is 1. The first-order chi connectivity index (χ1) is 9.29. The van der Waals surface area contributed by atoms with E-state index in [4.69, 9.17) is 4.74 Å². The van der Waals surface area contributed by atoms with Crippen molar-refractivity contribution in [3.8, 4) is 0 Å². The van der Waals surface area contributed by atoms with Crippen LogP contribution in [0, 0.1) is 5.92 Å². The molecule has 1 rings (SSSR count). The van der Waals surface area contributed by atoms with Crippen molar-refractivity contribution in [1.29, 1.82) is 0 Å². The van der Waals surface area contributed by atoms with Gasteiger partial charge in [-0.1, -0.05) is 13.8 Å². The molecule has 0 aliphatic carbocycles. The van der Waals surface area contributed by atoms with Gasteiger partial charge in [0.25, 0.3) is 0 Å². The number of hydrogen-bond acceptors (Lipinski definition) is 5. The van der Waals surface area contributed by atoms with Crippen molar-refractivity contribution in [1.82, 2.24) is 10.6 Å². The Hall–Kier alpha value is -1.14. The first kappa shape index (κ1) is 16.9. The van der Waals surface area contributed by atoms with Crippen LogP contribution in [0.4, 0.5) is 0 Å². The normalized spacial score (nSPS) is 23.9. The SMILES string of the molecule is CC(C)C[C@H](NC(=O)C1CC(O)CN1)C(=O)OC(C)C. The predicted molar refractivity (Wildman–Crippen MR) is 75.0 cm³/mol. The van der Waals surface area contributed by atoms with Crippen LogP contribution in [-0.2, 0) is 14.3 Å². The summed E-state index contributed by atoms with van der Waals surface area (Å²) in [6.07, 6.45) is 0.198. The lowest BCUT2D eigenvalue weighted by Gasteiger charge is -2.22. The Kier molecular flexibility index (Phi) is 6.42. The highest BCUT2D eigenvalue weighted by Gasteiger charge is 2.31. The van der Waals surface area contributed by atoms with E-state index in [1.807, 2.05) is 13.8 Å². The second kappa shape index (κ2) is 7.59. The second-order valence-corrected chi connectivity index (χ2v) is 6.03. The Labute approximate surface area is 120 Å². The molecule has 3 atom stereocenters. The zero-order valence-electron chi connectivity index (χ0n) is 12.7. The summed E-state index contributed by atoms with van der Waals surface area (Å²) >= 11 is 0. The Morgan fingerprint density at radius 3 is 2.45 bits per heavy atom. The van der Waals surface area contributed by atoms with Gasteiger partial charge in [0.1, 0.15) is 6.04 Å². The molecule has 20 heavy (non-hydrogen) atoms. The number of carbonyl (C=O) groups excluding carboxylic acids is 2. The van der Waals surface area contributed by atoms with E-state index in [9.17, 15) is 14.7 Å². The summed E-state index contributed by atoms with van der Waals surface area (Å²) < 4.78 is 5.17. The Morgan fingerprint density at radius 1 is 1.35 bits per heavy atom. The molecule has 0 saturated carbocycles. The summed E-state index contributed by atoms with van der Waals surface area (Å²) in [5, 5.41) is 15.1. The maximum atomic E-state index is 12.1. The number of esters is 1. The smallest absolute Gasteiger partial charge is 0.328 e. The minimum absolute atomic E-state index is 0.208. The van der Waals surface area contributed by atoms with Gasteiger partial charge in [0.2, 0.25) is 5.91 Å². The van der Waals surface area contributed by atoms with Crippen molar-refractivity contribution in [3.63, 3.8) is 0 Å². The van der Waals surface area contributed by atoms with Crippen LogP contribution in [-0.4, -0.2) is 47.8 Å². The molecule has 1 aliphatic rings. The zero-order chi connectivity index (χ0) is 15.3. The Morgan fingerprint density at radius 2 is 2.00 bits per heavy atom. The number of rotatable bonds is 6. The van der Waals surface area contributed by atoms with E-state index in [-0.39, 0.29) is 17.9 Å². The lowest BCUT2D eigenvalue weighted by Crippen LogP contribution is -2.49. The standard InChI is InChI=1S/C14H26N2O4/c1-8(2)5-12(14(19)20-9(3)4)16-13(18)11-6-10(17)7-15-11/h8-12,15,17H,5-7H2,1-4H3,(H,16,18)/t10?,11?,12-/m0/s1. The van der Waals surface area contributed by atoms with Gasteiger partial charge in [-0.05, 0) is 32.6 Å². The van der Waals surface area contributed by atoms with E-state index in [0.717, 1.165) is 0 Å². The van der Waals surface area contributed by atoms with Crippen molar-refractivity contribution in [2.24, 2.45) is 5.92 Å². The number of aliphatic hydroxyl groups excluding tert-OH is 1. The summed E-state index contributed by atoms with van der Waals surface area (Å²) in [6.45, 7) is 7.93. The number of ether oxygens (including phenoxy) is 1. The minimum Gasteiger partial charge on any atom is -0.461 e. The highest BCUT2D eigenvalue weighted by atomic mass is 16.5. The summed E-state index contributed by atoms with van der Waals surface area (Å²) in [5.74, 6) is -0.393. The van der Waals surface area contributed by atoms with E-state index in [0.29, 0.717) is 19.4 Å². The number of amides is 1. The van der Waals surface area contributed by atoms with Crippen LogP contribution in [0.15, 0.2) is 0 Å². The fourth-order valence-electron chi connectivity index (χ4n) is 2.19. The van der Waals surface area contributed by atoms with Crippen LogP contribution in [0.3, 0.4) is 0 Å². The van der Waals surface area contributed by atoms with Crippen LogP contribution < -0.4 is 10.6 Å². The van der Waals surface area contributed by atoms with E-state index >= 15 is 0 Å². The molecule has 6 heteroatoms. The first-order valence-electron chi connectivity index (χ1n) is 7.22. The average molecular weight is 286 g/mol. The molecule has 0 bridgehead atoms.